The second-order valence-corrected chi connectivity index (χ2v) is 4.50. The van der Waals surface area contributed by atoms with E-state index >= 15 is 0 Å². The van der Waals surface area contributed by atoms with Crippen LogP contribution in [-0.4, -0.2) is 23.2 Å². The van der Waals surface area contributed by atoms with Gasteiger partial charge in [-0.1, -0.05) is 30.3 Å². The third-order valence-corrected chi connectivity index (χ3v) is 3.42. The van der Waals surface area contributed by atoms with Gasteiger partial charge in [0, 0.05) is 12.0 Å². The summed E-state index contributed by atoms with van der Waals surface area (Å²) >= 11 is 1.65. The zero-order valence-corrected chi connectivity index (χ0v) is 8.98. The Morgan fingerprint density at radius 1 is 1.47 bits per heavy atom. The average Bonchev–Trinajstić information content (AvgIpc) is 2.72. The molecule has 0 spiro atoms. The number of carbonyl (C=O) groups excluding carboxylic acids is 1. The van der Waals surface area contributed by atoms with Gasteiger partial charge in [0.1, 0.15) is 5.37 Å². The van der Waals surface area contributed by atoms with Crippen molar-refractivity contribution in [3.05, 3.63) is 35.9 Å². The first-order chi connectivity index (χ1) is 7.29. The molecule has 3 nitrogen and oxygen atoms in total. The van der Waals surface area contributed by atoms with Crippen LogP contribution in [0.2, 0.25) is 0 Å². The van der Waals surface area contributed by atoms with Gasteiger partial charge < -0.3 is 5.73 Å². The highest BCUT2D eigenvalue weighted by molar-refractivity contribution is 8.00. The first-order valence-electron chi connectivity index (χ1n) is 4.76. The number of primary amides is 1. The highest BCUT2D eigenvalue weighted by Gasteiger charge is 2.29. The number of nitrogens with zero attached hydrogens (tertiary/aromatic N) is 1. The predicted octanol–water partition coefficient (Wildman–Crippen LogP) is 1.40. The summed E-state index contributed by atoms with van der Waals surface area (Å²) in [4.78, 5) is 15.7. The summed E-state index contributed by atoms with van der Waals surface area (Å²) in [5, 5.41) is -0.0510. The van der Waals surface area contributed by atoms with E-state index < -0.39 is 0 Å². The first kappa shape index (κ1) is 10.2. The smallest absolute Gasteiger partial charge is 0.228 e. The third kappa shape index (κ3) is 2.21. The fraction of sp³-hybridized carbons (Fsp3) is 0.273. The molecule has 1 aromatic carbocycles. The quantitative estimate of drug-likeness (QED) is 0.837. The molecule has 4 heteroatoms. The summed E-state index contributed by atoms with van der Waals surface area (Å²) < 4.78 is 0. The van der Waals surface area contributed by atoms with Crippen LogP contribution in [0.1, 0.15) is 11.5 Å². The molecule has 0 bridgehead atoms. The molecule has 1 aromatic rings. The van der Waals surface area contributed by atoms with Crippen LogP contribution in [0.15, 0.2) is 35.3 Å². The maximum absolute atomic E-state index is 11.4. The van der Waals surface area contributed by atoms with Gasteiger partial charge in [0.2, 0.25) is 5.91 Å². The van der Waals surface area contributed by atoms with Crippen LogP contribution in [0.3, 0.4) is 0 Å². The van der Waals surface area contributed by atoms with Gasteiger partial charge in [0.05, 0.1) is 5.92 Å². The number of rotatable bonds is 3. The van der Waals surface area contributed by atoms with Crippen molar-refractivity contribution in [1.29, 1.82) is 0 Å². The number of benzene rings is 1. The van der Waals surface area contributed by atoms with Gasteiger partial charge in [-0.15, -0.1) is 11.8 Å². The van der Waals surface area contributed by atoms with Gasteiger partial charge in [-0.3, -0.25) is 9.79 Å². The normalized spacial score (nSPS) is 21.5. The lowest BCUT2D eigenvalue weighted by molar-refractivity contribution is -0.119. The molecule has 0 unspecified atom stereocenters. The van der Waals surface area contributed by atoms with E-state index in [0.717, 1.165) is 11.3 Å². The van der Waals surface area contributed by atoms with Gasteiger partial charge in [0.25, 0.3) is 0 Å². The number of nitrogens with two attached hydrogens (primary N) is 1. The summed E-state index contributed by atoms with van der Waals surface area (Å²) in [7, 11) is 0. The van der Waals surface area contributed by atoms with Crippen molar-refractivity contribution >= 4 is 23.9 Å². The van der Waals surface area contributed by atoms with Crippen LogP contribution in [0.25, 0.3) is 0 Å². The average molecular weight is 220 g/mol. The fourth-order valence-corrected chi connectivity index (χ4v) is 2.67. The molecule has 0 saturated heterocycles. The zero-order valence-electron chi connectivity index (χ0n) is 8.17. The molecule has 0 fully saturated rings. The monoisotopic (exact) mass is 220 g/mol. The molecule has 78 valence electrons. The Balaban J connectivity index is 2.27. The molecule has 0 aromatic heterocycles. The Bertz CT molecular complexity index is 377. The molecule has 0 saturated carbocycles. The zero-order chi connectivity index (χ0) is 10.7. The maximum Gasteiger partial charge on any atom is 0.228 e. The number of aliphatic imine (C=N–C) groups is 1. The van der Waals surface area contributed by atoms with Gasteiger partial charge in [0.15, 0.2) is 0 Å². The minimum atomic E-state index is -0.310. The lowest BCUT2D eigenvalue weighted by Gasteiger charge is -2.17. The Morgan fingerprint density at radius 3 is 2.73 bits per heavy atom. The molecule has 15 heavy (non-hydrogen) atoms. The van der Waals surface area contributed by atoms with Crippen molar-refractivity contribution < 1.29 is 4.79 Å². The highest BCUT2D eigenvalue weighted by atomic mass is 32.2. The molecular formula is C11H12N2OS. The molecular weight excluding hydrogens is 208 g/mol. The van der Waals surface area contributed by atoms with Crippen LogP contribution in [-0.2, 0) is 4.79 Å². The van der Waals surface area contributed by atoms with E-state index in [4.69, 9.17) is 5.73 Å². The van der Waals surface area contributed by atoms with Gasteiger partial charge in [-0.25, -0.2) is 0 Å². The minimum absolute atomic E-state index is 0.0510. The largest absolute Gasteiger partial charge is 0.369 e. The number of carbonyl (C=O) groups is 1. The van der Waals surface area contributed by atoms with Crippen LogP contribution >= 0.6 is 11.8 Å². The summed E-state index contributed by atoms with van der Waals surface area (Å²) in [5.41, 5.74) is 6.37. The van der Waals surface area contributed by atoms with Crippen LogP contribution in [0, 0.1) is 0 Å². The Kier molecular flexibility index (Phi) is 3.06. The summed E-state index contributed by atoms with van der Waals surface area (Å²) in [6.45, 7) is 0. The van der Waals surface area contributed by atoms with Crippen molar-refractivity contribution in [3.8, 4) is 0 Å². The van der Waals surface area contributed by atoms with Crippen molar-refractivity contribution in [1.82, 2.24) is 0 Å². The Hall–Kier alpha value is -1.29. The van der Waals surface area contributed by atoms with E-state index in [-0.39, 0.29) is 17.2 Å². The van der Waals surface area contributed by atoms with E-state index in [9.17, 15) is 4.79 Å². The van der Waals surface area contributed by atoms with E-state index in [1.807, 2.05) is 36.5 Å². The van der Waals surface area contributed by atoms with Crippen LogP contribution in [0.5, 0.6) is 0 Å². The molecule has 2 N–H and O–H groups in total. The van der Waals surface area contributed by atoms with E-state index in [1.165, 1.54) is 0 Å². The first-order valence-corrected chi connectivity index (χ1v) is 5.81. The SMILES string of the molecule is NC(=O)[C@@H](c1ccccc1)[C@@H]1N=CCS1. The molecule has 1 amide bonds. The lowest BCUT2D eigenvalue weighted by Crippen LogP contribution is -2.28. The summed E-state index contributed by atoms with van der Waals surface area (Å²) in [5.74, 6) is 0.245. The summed E-state index contributed by atoms with van der Waals surface area (Å²) in [6.07, 6.45) is 1.84. The second-order valence-electron chi connectivity index (χ2n) is 3.35. The Labute approximate surface area is 92.8 Å². The van der Waals surface area contributed by atoms with Crippen molar-refractivity contribution in [2.24, 2.45) is 10.7 Å². The molecule has 1 aliphatic heterocycles. The molecule has 0 aliphatic carbocycles. The van der Waals surface area contributed by atoms with E-state index in [1.54, 1.807) is 11.8 Å². The number of amides is 1. The van der Waals surface area contributed by atoms with Gasteiger partial charge >= 0.3 is 0 Å². The number of thioether (sulfide) groups is 1. The number of hydrogen-bond donors (Lipinski definition) is 1. The maximum atomic E-state index is 11.4. The predicted molar refractivity (Wildman–Crippen MR) is 63.1 cm³/mol. The third-order valence-electron chi connectivity index (χ3n) is 2.34. The molecule has 2 rings (SSSR count). The fourth-order valence-electron chi connectivity index (χ4n) is 1.64. The second kappa shape index (κ2) is 4.49. The van der Waals surface area contributed by atoms with Crippen molar-refractivity contribution in [2.45, 2.75) is 11.3 Å². The topological polar surface area (TPSA) is 55.5 Å². The molecule has 1 aliphatic rings. The standard InChI is InChI=1S/C11H12N2OS/c12-10(14)9(11-13-6-7-15-11)8-4-2-1-3-5-8/h1-6,9,11H,7H2,(H2,12,14)/t9-,11-/m1/s1. The molecule has 0 radical (unpaired) electrons. The molecule has 2 atom stereocenters. The molecule has 1 heterocycles. The van der Waals surface area contributed by atoms with E-state index in [0.29, 0.717) is 0 Å². The summed E-state index contributed by atoms with van der Waals surface area (Å²) in [6, 6.07) is 9.59. The van der Waals surface area contributed by atoms with Gasteiger partial charge in [-0.2, -0.15) is 0 Å². The van der Waals surface area contributed by atoms with Crippen molar-refractivity contribution in [3.63, 3.8) is 0 Å². The minimum Gasteiger partial charge on any atom is -0.369 e. The van der Waals surface area contributed by atoms with Crippen molar-refractivity contribution in [2.75, 3.05) is 5.75 Å². The van der Waals surface area contributed by atoms with Crippen LogP contribution in [0.4, 0.5) is 0 Å². The highest BCUT2D eigenvalue weighted by Crippen LogP contribution is 2.31. The lowest BCUT2D eigenvalue weighted by atomic mass is 9.98. The van der Waals surface area contributed by atoms with Crippen LogP contribution < -0.4 is 5.73 Å². The number of hydrogen-bond acceptors (Lipinski definition) is 3. The Morgan fingerprint density at radius 2 is 2.20 bits per heavy atom. The van der Waals surface area contributed by atoms with E-state index in [2.05, 4.69) is 4.99 Å². The van der Waals surface area contributed by atoms with Gasteiger partial charge in [-0.05, 0) is 5.56 Å².